The maximum absolute atomic E-state index is 10.9. The second kappa shape index (κ2) is 7.58. The molecule has 0 saturated heterocycles. The quantitative estimate of drug-likeness (QED) is 0.592. The molecule has 0 unspecified atom stereocenters. The highest BCUT2D eigenvalue weighted by Crippen LogP contribution is 2.41. The second-order valence-electron chi connectivity index (χ2n) is 6.14. The van der Waals surface area contributed by atoms with E-state index in [0.717, 1.165) is 26.4 Å². The molecule has 0 fully saturated rings. The number of nitrogens with zero attached hydrogens (tertiary/aromatic N) is 1. The summed E-state index contributed by atoms with van der Waals surface area (Å²) in [6.07, 6.45) is 3.26. The molecule has 7 heteroatoms. The summed E-state index contributed by atoms with van der Waals surface area (Å²) in [5.74, 6) is 0.369. The highest BCUT2D eigenvalue weighted by Gasteiger charge is 2.18. The van der Waals surface area contributed by atoms with Crippen LogP contribution < -0.4 is 9.47 Å². The first-order chi connectivity index (χ1) is 13.1. The smallest absolute Gasteiger partial charge is 0.303 e. The van der Waals surface area contributed by atoms with E-state index in [1.807, 2.05) is 42.5 Å². The van der Waals surface area contributed by atoms with Crippen LogP contribution in [0.3, 0.4) is 0 Å². The van der Waals surface area contributed by atoms with Gasteiger partial charge in [-0.05, 0) is 54.3 Å². The minimum atomic E-state index is -0.801. The predicted octanol–water partition coefficient (Wildman–Crippen LogP) is 5.47. The molecule has 1 aliphatic rings. The summed E-state index contributed by atoms with van der Waals surface area (Å²) in [4.78, 5) is 15.6. The maximum atomic E-state index is 10.9. The van der Waals surface area contributed by atoms with Crippen molar-refractivity contribution in [3.8, 4) is 11.5 Å². The Bertz CT molecular complexity index is 1010. The van der Waals surface area contributed by atoms with Crippen molar-refractivity contribution in [3.63, 3.8) is 0 Å². The molecule has 3 aromatic rings. The lowest BCUT2D eigenvalue weighted by Gasteiger charge is -2.06. The van der Waals surface area contributed by atoms with E-state index in [-0.39, 0.29) is 13.2 Å². The molecule has 27 heavy (non-hydrogen) atoms. The van der Waals surface area contributed by atoms with Gasteiger partial charge < -0.3 is 14.6 Å². The van der Waals surface area contributed by atoms with Gasteiger partial charge in [0.25, 0.3) is 0 Å². The molecular formula is C20H16ClNO4S. The molecule has 0 amide bonds. The molecule has 5 nitrogen and oxygen atoms in total. The molecule has 0 spiro atoms. The number of fused-ring (bicyclic) bond motifs is 2. The van der Waals surface area contributed by atoms with E-state index in [0.29, 0.717) is 29.4 Å². The summed E-state index contributed by atoms with van der Waals surface area (Å²) in [6, 6.07) is 11.6. The van der Waals surface area contributed by atoms with Crippen LogP contribution >= 0.6 is 22.9 Å². The maximum Gasteiger partial charge on any atom is 0.303 e. The van der Waals surface area contributed by atoms with Gasteiger partial charge in [0.2, 0.25) is 6.79 Å². The number of aliphatic carboxylic acids is 1. The lowest BCUT2D eigenvalue weighted by atomic mass is 10.0. The van der Waals surface area contributed by atoms with Crippen molar-refractivity contribution in [3.05, 3.63) is 52.0 Å². The summed E-state index contributed by atoms with van der Waals surface area (Å²) in [5, 5.41) is 10.3. The fraction of sp³-hybridized carbons (Fsp3) is 0.200. The van der Waals surface area contributed by atoms with Gasteiger partial charge in [-0.2, -0.15) is 0 Å². The van der Waals surface area contributed by atoms with E-state index in [2.05, 4.69) is 0 Å². The van der Waals surface area contributed by atoms with Gasteiger partial charge >= 0.3 is 5.97 Å². The van der Waals surface area contributed by atoms with E-state index < -0.39 is 5.97 Å². The fourth-order valence-corrected chi connectivity index (χ4v) is 4.24. The van der Waals surface area contributed by atoms with Gasteiger partial charge in [-0.25, -0.2) is 4.98 Å². The third-order valence-corrected chi connectivity index (χ3v) is 5.59. The zero-order valence-corrected chi connectivity index (χ0v) is 15.8. The number of ether oxygens (including phenoxy) is 2. The van der Waals surface area contributed by atoms with Crippen molar-refractivity contribution in [1.29, 1.82) is 0 Å². The minimum absolute atomic E-state index is 0.115. The van der Waals surface area contributed by atoms with Gasteiger partial charge in [-0.3, -0.25) is 4.79 Å². The number of carbonyl (C=O) groups is 1. The normalized spacial score (nSPS) is 13.3. The summed E-state index contributed by atoms with van der Waals surface area (Å²) >= 11 is 7.89. The van der Waals surface area contributed by atoms with Crippen LogP contribution in [0.2, 0.25) is 5.02 Å². The van der Waals surface area contributed by atoms with Crippen LogP contribution in [0.5, 0.6) is 11.5 Å². The van der Waals surface area contributed by atoms with Crippen molar-refractivity contribution in [1.82, 2.24) is 4.98 Å². The molecule has 0 bridgehead atoms. The summed E-state index contributed by atoms with van der Waals surface area (Å²) in [6.45, 7) is 0.158. The number of allylic oxidation sites excluding steroid dienone is 1. The number of para-hydroxylation sites is 1. The van der Waals surface area contributed by atoms with Crippen LogP contribution in [0.1, 0.15) is 29.8 Å². The van der Waals surface area contributed by atoms with Gasteiger partial charge in [-0.1, -0.05) is 23.7 Å². The number of carboxylic acid groups (broad SMARTS) is 1. The van der Waals surface area contributed by atoms with E-state index in [4.69, 9.17) is 31.2 Å². The number of aromatic nitrogens is 1. The Hall–Kier alpha value is -2.57. The first-order valence-electron chi connectivity index (χ1n) is 8.47. The molecule has 2 aromatic carbocycles. The van der Waals surface area contributed by atoms with Crippen molar-refractivity contribution in [2.24, 2.45) is 0 Å². The van der Waals surface area contributed by atoms with Crippen LogP contribution in [0.4, 0.5) is 0 Å². The lowest BCUT2D eigenvalue weighted by molar-refractivity contribution is -0.137. The molecule has 138 valence electrons. The average molecular weight is 402 g/mol. The van der Waals surface area contributed by atoms with Crippen LogP contribution in [0.25, 0.3) is 21.9 Å². The molecule has 0 aliphatic carbocycles. The Balaban J connectivity index is 1.72. The largest absolute Gasteiger partial charge is 0.481 e. The predicted molar refractivity (Wildman–Crippen MR) is 107 cm³/mol. The first-order valence-corrected chi connectivity index (χ1v) is 9.67. The molecule has 1 aromatic heterocycles. The number of thiazole rings is 1. The van der Waals surface area contributed by atoms with Crippen molar-refractivity contribution < 1.29 is 19.4 Å². The molecule has 1 aliphatic heterocycles. The van der Waals surface area contributed by atoms with E-state index in [1.165, 1.54) is 0 Å². The van der Waals surface area contributed by atoms with Crippen LogP contribution in [-0.4, -0.2) is 22.9 Å². The Labute approximate surface area is 164 Å². The molecule has 2 heterocycles. The highest BCUT2D eigenvalue weighted by atomic mass is 35.5. The third-order valence-electron chi connectivity index (χ3n) is 4.20. The Morgan fingerprint density at radius 2 is 2.11 bits per heavy atom. The molecule has 4 rings (SSSR count). The number of rotatable bonds is 6. The van der Waals surface area contributed by atoms with E-state index >= 15 is 0 Å². The van der Waals surface area contributed by atoms with Crippen LogP contribution in [0, 0.1) is 0 Å². The average Bonchev–Trinajstić information content (AvgIpc) is 3.27. The minimum Gasteiger partial charge on any atom is -0.481 e. The molecule has 0 atom stereocenters. The van der Waals surface area contributed by atoms with Gasteiger partial charge in [0.1, 0.15) is 5.01 Å². The highest BCUT2D eigenvalue weighted by molar-refractivity contribution is 7.19. The zero-order chi connectivity index (χ0) is 18.8. The Morgan fingerprint density at radius 1 is 1.26 bits per heavy atom. The third kappa shape index (κ3) is 3.91. The fourth-order valence-electron chi connectivity index (χ4n) is 2.95. The van der Waals surface area contributed by atoms with Crippen molar-refractivity contribution in [2.75, 3.05) is 6.79 Å². The van der Waals surface area contributed by atoms with E-state index in [1.54, 1.807) is 11.3 Å². The summed E-state index contributed by atoms with van der Waals surface area (Å²) in [5.41, 5.74) is 2.78. The van der Waals surface area contributed by atoms with E-state index in [9.17, 15) is 4.79 Å². The number of hydrogen-bond donors (Lipinski definition) is 1. The molecule has 0 saturated carbocycles. The zero-order valence-electron chi connectivity index (χ0n) is 14.3. The number of hydrogen-bond acceptors (Lipinski definition) is 5. The SMILES string of the molecule is O=C(O)CCC/C(=C\c1cc(Cl)c2c(c1)OCO2)c1nc2ccccc2s1. The van der Waals surface area contributed by atoms with Gasteiger partial charge in [0.15, 0.2) is 11.5 Å². The summed E-state index contributed by atoms with van der Waals surface area (Å²) < 4.78 is 11.9. The van der Waals surface area contributed by atoms with Crippen LogP contribution in [0.15, 0.2) is 36.4 Å². The standard InChI is InChI=1S/C20H16ClNO4S/c21-14-9-12(10-16-19(14)26-11-25-16)8-13(4-3-7-18(23)24)20-22-15-5-1-2-6-17(15)27-20/h1-2,5-6,8-10H,3-4,7,11H2,(H,23,24)/b13-8+. The number of carboxylic acids is 1. The van der Waals surface area contributed by atoms with Crippen LogP contribution in [-0.2, 0) is 4.79 Å². The molecular weight excluding hydrogens is 386 g/mol. The first kappa shape index (κ1) is 17.8. The Kier molecular flexibility index (Phi) is 5.01. The van der Waals surface area contributed by atoms with Gasteiger partial charge in [0, 0.05) is 6.42 Å². The molecule has 1 N–H and O–H groups in total. The van der Waals surface area contributed by atoms with Crippen molar-refractivity contribution >= 4 is 50.8 Å². The van der Waals surface area contributed by atoms with Gasteiger partial charge in [-0.15, -0.1) is 11.3 Å². The molecule has 0 radical (unpaired) electrons. The summed E-state index contributed by atoms with van der Waals surface area (Å²) in [7, 11) is 0. The van der Waals surface area contributed by atoms with Gasteiger partial charge in [0.05, 0.1) is 15.2 Å². The van der Waals surface area contributed by atoms with Crippen molar-refractivity contribution in [2.45, 2.75) is 19.3 Å². The topological polar surface area (TPSA) is 68.7 Å². The lowest BCUT2D eigenvalue weighted by Crippen LogP contribution is -1.94. The number of benzene rings is 2. The number of halogens is 1. The Morgan fingerprint density at radius 3 is 2.93 bits per heavy atom. The monoisotopic (exact) mass is 401 g/mol. The second-order valence-corrected chi connectivity index (χ2v) is 7.58.